The van der Waals surface area contributed by atoms with Crippen molar-refractivity contribution in [1.82, 2.24) is 0 Å². The van der Waals surface area contributed by atoms with E-state index in [2.05, 4.69) is 63.0 Å². The lowest BCUT2D eigenvalue weighted by molar-refractivity contribution is 0.288. The molecular formula is C15H14Br2OS. The minimum atomic E-state index is 0.259. The van der Waals surface area contributed by atoms with Crippen LogP contribution in [0.25, 0.3) is 0 Å². The molecule has 0 N–H and O–H groups in total. The van der Waals surface area contributed by atoms with E-state index in [-0.39, 0.29) is 4.83 Å². The number of thiophene rings is 1. The molecule has 1 atom stereocenters. The van der Waals surface area contributed by atoms with Gasteiger partial charge in [0.05, 0.1) is 15.2 Å². The molecule has 1 nitrogen and oxygen atoms in total. The van der Waals surface area contributed by atoms with Gasteiger partial charge in [-0.15, -0.1) is 11.3 Å². The van der Waals surface area contributed by atoms with Crippen LogP contribution in [0, 0.1) is 6.92 Å². The van der Waals surface area contributed by atoms with E-state index in [9.17, 15) is 0 Å². The largest absolute Gasteiger partial charge is 0.493 e. The molecule has 3 rings (SSSR count). The summed E-state index contributed by atoms with van der Waals surface area (Å²) in [7, 11) is 0. The van der Waals surface area contributed by atoms with Crippen molar-refractivity contribution < 1.29 is 4.74 Å². The predicted molar refractivity (Wildman–Crippen MR) is 87.8 cm³/mol. The van der Waals surface area contributed by atoms with Crippen molar-refractivity contribution in [1.29, 1.82) is 0 Å². The molecule has 0 spiro atoms. The average Bonchev–Trinajstić information content (AvgIpc) is 2.77. The van der Waals surface area contributed by atoms with Crippen LogP contribution in [0.2, 0.25) is 0 Å². The topological polar surface area (TPSA) is 9.23 Å². The number of hydrogen-bond donors (Lipinski definition) is 0. The number of aryl methyl sites for hydroxylation is 2. The second-order valence-electron chi connectivity index (χ2n) is 4.79. The summed E-state index contributed by atoms with van der Waals surface area (Å²) >= 11 is 9.21. The number of rotatable bonds is 2. The Morgan fingerprint density at radius 1 is 1.32 bits per heavy atom. The number of fused-ring (bicyclic) bond motifs is 1. The van der Waals surface area contributed by atoms with Gasteiger partial charge in [-0.3, -0.25) is 0 Å². The van der Waals surface area contributed by atoms with E-state index in [0.29, 0.717) is 0 Å². The Morgan fingerprint density at radius 2 is 2.16 bits per heavy atom. The van der Waals surface area contributed by atoms with Crippen LogP contribution in [-0.4, -0.2) is 6.61 Å². The normalized spacial score (nSPS) is 15.7. The summed E-state index contributed by atoms with van der Waals surface area (Å²) < 4.78 is 6.88. The second-order valence-corrected chi connectivity index (χ2v) is 8.10. The van der Waals surface area contributed by atoms with E-state index < -0.39 is 0 Å². The lowest BCUT2D eigenvalue weighted by Gasteiger charge is -2.19. The van der Waals surface area contributed by atoms with E-state index in [1.54, 1.807) is 11.3 Å². The summed E-state index contributed by atoms with van der Waals surface area (Å²) in [5.41, 5.74) is 3.93. The van der Waals surface area contributed by atoms with Gasteiger partial charge in [0, 0.05) is 4.88 Å². The first-order valence-electron chi connectivity index (χ1n) is 6.30. The summed E-state index contributed by atoms with van der Waals surface area (Å²) in [4.78, 5) is 1.59. The summed E-state index contributed by atoms with van der Waals surface area (Å²) in [6.45, 7) is 2.98. The first-order chi connectivity index (χ1) is 9.15. The van der Waals surface area contributed by atoms with Crippen molar-refractivity contribution in [3.8, 4) is 5.75 Å². The van der Waals surface area contributed by atoms with Crippen LogP contribution < -0.4 is 4.74 Å². The highest BCUT2D eigenvalue weighted by Gasteiger charge is 2.17. The zero-order chi connectivity index (χ0) is 13.4. The van der Waals surface area contributed by atoms with Gasteiger partial charge in [-0.05, 0) is 64.5 Å². The van der Waals surface area contributed by atoms with Crippen molar-refractivity contribution >= 4 is 43.2 Å². The van der Waals surface area contributed by atoms with Gasteiger partial charge in [-0.2, -0.15) is 0 Å². The first kappa shape index (κ1) is 13.7. The van der Waals surface area contributed by atoms with Crippen molar-refractivity contribution in [2.45, 2.75) is 24.6 Å². The Balaban J connectivity index is 1.93. The zero-order valence-electron chi connectivity index (χ0n) is 10.6. The monoisotopic (exact) mass is 400 g/mol. The van der Waals surface area contributed by atoms with Crippen molar-refractivity contribution in [2.75, 3.05) is 6.61 Å². The molecular weight excluding hydrogens is 388 g/mol. The van der Waals surface area contributed by atoms with Crippen LogP contribution in [0.5, 0.6) is 5.75 Å². The number of benzene rings is 1. The Hall–Kier alpha value is -0.320. The number of alkyl halides is 1. The molecule has 0 bridgehead atoms. The highest BCUT2D eigenvalue weighted by Crippen LogP contribution is 2.40. The lowest BCUT2D eigenvalue weighted by Crippen LogP contribution is -2.08. The summed E-state index contributed by atoms with van der Waals surface area (Å²) in [5.74, 6) is 1.05. The molecule has 100 valence electrons. The molecule has 0 saturated heterocycles. The van der Waals surface area contributed by atoms with Crippen LogP contribution in [0.3, 0.4) is 0 Å². The van der Waals surface area contributed by atoms with Gasteiger partial charge in [-0.25, -0.2) is 0 Å². The van der Waals surface area contributed by atoms with Crippen LogP contribution in [0.1, 0.15) is 32.8 Å². The Kier molecular flexibility index (Phi) is 4.01. The Labute approximate surface area is 134 Å². The Bertz CT molecular complexity index is 587. The quantitative estimate of drug-likeness (QED) is 0.592. The van der Waals surface area contributed by atoms with Crippen LogP contribution in [0.4, 0.5) is 0 Å². The standard InChI is InChI=1S/C15H14Br2OS/c1-9-7-13(19-15(9)17)14(16)11-4-5-12-10(8-11)3-2-6-18-12/h4-5,7-8,14H,2-3,6H2,1H3. The summed E-state index contributed by atoms with van der Waals surface area (Å²) in [6.07, 6.45) is 2.24. The molecule has 1 aromatic carbocycles. The molecule has 1 aromatic heterocycles. The van der Waals surface area contributed by atoms with Gasteiger partial charge in [0.25, 0.3) is 0 Å². The van der Waals surface area contributed by atoms with Gasteiger partial charge in [0.2, 0.25) is 0 Å². The van der Waals surface area contributed by atoms with E-state index >= 15 is 0 Å². The first-order valence-corrected chi connectivity index (χ1v) is 8.83. The smallest absolute Gasteiger partial charge is 0.122 e. The van der Waals surface area contributed by atoms with Crippen molar-refractivity contribution in [3.63, 3.8) is 0 Å². The summed E-state index contributed by atoms with van der Waals surface area (Å²) in [5, 5.41) is 0. The van der Waals surface area contributed by atoms with Gasteiger partial charge >= 0.3 is 0 Å². The molecule has 0 fully saturated rings. The lowest BCUT2D eigenvalue weighted by atomic mass is 10.0. The molecule has 2 aromatic rings. The predicted octanol–water partition coefficient (Wildman–Crippen LogP) is 5.63. The number of hydrogen-bond acceptors (Lipinski definition) is 2. The number of ether oxygens (including phenoxy) is 1. The van der Waals surface area contributed by atoms with E-state index in [1.807, 2.05) is 0 Å². The van der Waals surface area contributed by atoms with Gasteiger partial charge in [0.1, 0.15) is 5.75 Å². The Morgan fingerprint density at radius 3 is 2.89 bits per heavy atom. The van der Waals surface area contributed by atoms with Crippen molar-refractivity contribution in [3.05, 3.63) is 49.6 Å². The van der Waals surface area contributed by atoms with Crippen molar-refractivity contribution in [2.24, 2.45) is 0 Å². The maximum Gasteiger partial charge on any atom is 0.122 e. The minimum absolute atomic E-state index is 0.259. The third-order valence-electron chi connectivity index (χ3n) is 3.35. The van der Waals surface area contributed by atoms with Gasteiger partial charge < -0.3 is 4.74 Å². The van der Waals surface area contributed by atoms with Crippen LogP contribution in [0.15, 0.2) is 28.1 Å². The molecule has 0 amide bonds. The third kappa shape index (κ3) is 2.76. The molecule has 19 heavy (non-hydrogen) atoms. The van der Waals surface area contributed by atoms with Crippen LogP contribution in [-0.2, 0) is 6.42 Å². The molecule has 0 radical (unpaired) electrons. The zero-order valence-corrected chi connectivity index (χ0v) is 14.6. The SMILES string of the molecule is Cc1cc(C(Br)c2ccc3c(c2)CCCO3)sc1Br. The average molecular weight is 402 g/mol. The molecule has 0 aliphatic carbocycles. The fourth-order valence-electron chi connectivity index (χ4n) is 2.31. The van der Waals surface area contributed by atoms with E-state index in [4.69, 9.17) is 4.74 Å². The molecule has 1 aliphatic rings. The molecule has 1 aliphatic heterocycles. The maximum absolute atomic E-state index is 5.67. The fraction of sp³-hybridized carbons (Fsp3) is 0.333. The molecule has 2 heterocycles. The summed E-state index contributed by atoms with van der Waals surface area (Å²) in [6, 6.07) is 8.78. The minimum Gasteiger partial charge on any atom is -0.493 e. The maximum atomic E-state index is 5.67. The highest BCUT2D eigenvalue weighted by atomic mass is 79.9. The second kappa shape index (κ2) is 5.58. The molecule has 0 saturated carbocycles. The highest BCUT2D eigenvalue weighted by molar-refractivity contribution is 9.11. The van der Waals surface area contributed by atoms with E-state index in [0.717, 1.165) is 25.2 Å². The fourth-order valence-corrected chi connectivity index (χ4v) is 4.59. The number of halogens is 2. The van der Waals surface area contributed by atoms with E-state index in [1.165, 1.54) is 25.4 Å². The van der Waals surface area contributed by atoms with Crippen LogP contribution >= 0.6 is 43.2 Å². The molecule has 4 heteroatoms. The third-order valence-corrected chi connectivity index (χ3v) is 6.88. The molecule has 1 unspecified atom stereocenters. The van der Waals surface area contributed by atoms with Gasteiger partial charge in [-0.1, -0.05) is 28.1 Å². The van der Waals surface area contributed by atoms with Gasteiger partial charge in [0.15, 0.2) is 0 Å².